The van der Waals surface area contributed by atoms with Gasteiger partial charge in [-0.05, 0) is 36.1 Å². The van der Waals surface area contributed by atoms with Gasteiger partial charge < -0.3 is 19.5 Å². The smallest absolute Gasteiger partial charge is 0.338 e. The summed E-state index contributed by atoms with van der Waals surface area (Å²) in [4.78, 5) is 12.3. The Bertz CT molecular complexity index is 1020. The summed E-state index contributed by atoms with van der Waals surface area (Å²) < 4.78 is 17.9. The molecule has 0 aromatic heterocycles. The molecule has 0 amide bonds. The molecule has 0 bridgehead atoms. The van der Waals surface area contributed by atoms with Crippen LogP contribution in [0.3, 0.4) is 0 Å². The van der Waals surface area contributed by atoms with E-state index in [4.69, 9.17) is 14.2 Å². The van der Waals surface area contributed by atoms with Crippen LogP contribution in [-0.2, 0) is 27.4 Å². The van der Waals surface area contributed by atoms with Crippen molar-refractivity contribution in [3.05, 3.63) is 119 Å². The average molecular weight is 472 g/mol. The van der Waals surface area contributed by atoms with Crippen molar-refractivity contribution in [1.82, 2.24) is 5.32 Å². The molecule has 5 nitrogen and oxygen atoms in total. The molecule has 0 saturated heterocycles. The third-order valence-electron chi connectivity index (χ3n) is 6.20. The van der Waals surface area contributed by atoms with Crippen LogP contribution in [0.15, 0.2) is 103 Å². The Labute approximate surface area is 207 Å². The summed E-state index contributed by atoms with van der Waals surface area (Å²) >= 11 is 0. The largest absolute Gasteiger partial charge is 0.456 e. The standard InChI is InChI=1S/C30H33NO4/c32-29(27-14-8-3-9-15-27)35-22-28-16-17-30(18-19-31-28,23-33-20-25-10-4-1-5-11-25)24-34-21-26-12-6-2-7-13-26/h1-16,31H,17-24H2. The van der Waals surface area contributed by atoms with Gasteiger partial charge in [0.25, 0.3) is 0 Å². The van der Waals surface area contributed by atoms with Crippen LogP contribution in [0.25, 0.3) is 0 Å². The van der Waals surface area contributed by atoms with E-state index < -0.39 is 0 Å². The van der Waals surface area contributed by atoms with E-state index in [0.717, 1.165) is 36.2 Å². The number of allylic oxidation sites excluding steroid dienone is 1. The molecule has 4 rings (SSSR count). The van der Waals surface area contributed by atoms with Crippen LogP contribution in [0.2, 0.25) is 0 Å². The second-order valence-electron chi connectivity index (χ2n) is 9.01. The quantitative estimate of drug-likeness (QED) is 0.373. The minimum absolute atomic E-state index is 0.165. The maximum Gasteiger partial charge on any atom is 0.338 e. The fourth-order valence-corrected chi connectivity index (χ4v) is 4.14. The number of carbonyl (C=O) groups is 1. The predicted molar refractivity (Wildman–Crippen MR) is 137 cm³/mol. The average Bonchev–Trinajstić information content (AvgIpc) is 3.11. The Morgan fingerprint density at radius 1 is 0.743 bits per heavy atom. The number of ether oxygens (including phenoxy) is 3. The monoisotopic (exact) mass is 471 g/mol. The van der Waals surface area contributed by atoms with Crippen molar-refractivity contribution in [3.63, 3.8) is 0 Å². The van der Waals surface area contributed by atoms with E-state index in [1.165, 1.54) is 0 Å². The minimum Gasteiger partial charge on any atom is -0.456 e. The number of hydrogen-bond acceptors (Lipinski definition) is 5. The summed E-state index contributed by atoms with van der Waals surface area (Å²) in [7, 11) is 0. The van der Waals surface area contributed by atoms with Gasteiger partial charge in [-0.25, -0.2) is 4.79 Å². The van der Waals surface area contributed by atoms with E-state index in [9.17, 15) is 4.79 Å². The molecule has 0 spiro atoms. The molecule has 0 saturated carbocycles. The molecule has 0 unspecified atom stereocenters. The molecule has 1 aliphatic heterocycles. The highest BCUT2D eigenvalue weighted by molar-refractivity contribution is 5.89. The summed E-state index contributed by atoms with van der Waals surface area (Å²) in [5.41, 5.74) is 3.62. The van der Waals surface area contributed by atoms with Crippen molar-refractivity contribution in [2.75, 3.05) is 26.4 Å². The summed E-state index contributed by atoms with van der Waals surface area (Å²) in [6.45, 7) is 3.30. The van der Waals surface area contributed by atoms with E-state index >= 15 is 0 Å². The first-order chi connectivity index (χ1) is 17.2. The van der Waals surface area contributed by atoms with Gasteiger partial charge in [-0.1, -0.05) is 84.9 Å². The molecule has 182 valence electrons. The van der Waals surface area contributed by atoms with Crippen molar-refractivity contribution < 1.29 is 19.0 Å². The predicted octanol–water partition coefficient (Wildman–Crippen LogP) is 5.53. The van der Waals surface area contributed by atoms with Crippen LogP contribution >= 0.6 is 0 Å². The molecule has 1 heterocycles. The number of carbonyl (C=O) groups excluding carboxylic acids is 1. The molecule has 0 radical (unpaired) electrons. The normalized spacial score (nSPS) is 14.9. The molecule has 3 aromatic rings. The summed E-state index contributed by atoms with van der Waals surface area (Å²) in [5.74, 6) is -0.318. The Kier molecular flexibility index (Phi) is 9.10. The first-order valence-corrected chi connectivity index (χ1v) is 12.1. The number of hydrogen-bond donors (Lipinski definition) is 1. The zero-order valence-electron chi connectivity index (χ0n) is 20.0. The van der Waals surface area contributed by atoms with Gasteiger partial charge in [0.05, 0.1) is 32.0 Å². The van der Waals surface area contributed by atoms with Gasteiger partial charge >= 0.3 is 5.97 Å². The Hall–Kier alpha value is -3.41. The molecule has 1 aliphatic rings. The molecular formula is C30H33NO4. The molecule has 5 heteroatoms. The highest BCUT2D eigenvalue weighted by Gasteiger charge is 2.32. The van der Waals surface area contributed by atoms with Crippen molar-refractivity contribution in [3.8, 4) is 0 Å². The molecular weight excluding hydrogens is 438 g/mol. The zero-order chi connectivity index (χ0) is 24.2. The lowest BCUT2D eigenvalue weighted by Crippen LogP contribution is -2.34. The van der Waals surface area contributed by atoms with E-state index in [-0.39, 0.29) is 18.0 Å². The summed E-state index contributed by atoms with van der Waals surface area (Å²) in [5, 5.41) is 3.43. The van der Waals surface area contributed by atoms with E-state index in [1.54, 1.807) is 12.1 Å². The van der Waals surface area contributed by atoms with Gasteiger partial charge in [-0.2, -0.15) is 0 Å². The maximum absolute atomic E-state index is 12.3. The van der Waals surface area contributed by atoms with Crippen LogP contribution in [-0.4, -0.2) is 32.3 Å². The third kappa shape index (κ3) is 7.81. The lowest BCUT2D eigenvalue weighted by molar-refractivity contribution is -0.0347. The fraction of sp³-hybridized carbons (Fsp3) is 0.300. The van der Waals surface area contributed by atoms with E-state index in [2.05, 4.69) is 35.7 Å². The number of benzene rings is 3. The second kappa shape index (κ2) is 12.9. The van der Waals surface area contributed by atoms with Crippen LogP contribution in [0, 0.1) is 5.41 Å². The van der Waals surface area contributed by atoms with Crippen molar-refractivity contribution in [2.24, 2.45) is 5.41 Å². The topological polar surface area (TPSA) is 56.8 Å². The lowest BCUT2D eigenvalue weighted by atomic mass is 9.83. The third-order valence-corrected chi connectivity index (χ3v) is 6.20. The fourth-order valence-electron chi connectivity index (χ4n) is 4.14. The van der Waals surface area contributed by atoms with Crippen LogP contribution in [0.1, 0.15) is 34.3 Å². The van der Waals surface area contributed by atoms with E-state index in [1.807, 2.05) is 54.6 Å². The summed E-state index contributed by atoms with van der Waals surface area (Å²) in [6, 6.07) is 29.5. The Morgan fingerprint density at radius 2 is 1.29 bits per heavy atom. The Morgan fingerprint density at radius 3 is 1.86 bits per heavy atom. The number of nitrogens with one attached hydrogen (secondary N) is 1. The molecule has 1 N–H and O–H groups in total. The molecule has 0 fully saturated rings. The van der Waals surface area contributed by atoms with Crippen LogP contribution in [0.4, 0.5) is 0 Å². The number of esters is 1. The second-order valence-corrected chi connectivity index (χ2v) is 9.01. The van der Waals surface area contributed by atoms with Gasteiger partial charge in [0.1, 0.15) is 6.61 Å². The van der Waals surface area contributed by atoms with Gasteiger partial charge in [-0.15, -0.1) is 0 Å². The van der Waals surface area contributed by atoms with Crippen molar-refractivity contribution in [2.45, 2.75) is 26.1 Å². The van der Waals surface area contributed by atoms with Crippen molar-refractivity contribution in [1.29, 1.82) is 0 Å². The first kappa shape index (κ1) is 24.7. The number of rotatable bonds is 11. The zero-order valence-corrected chi connectivity index (χ0v) is 20.0. The van der Waals surface area contributed by atoms with Gasteiger partial charge in [0, 0.05) is 17.7 Å². The highest BCUT2D eigenvalue weighted by atomic mass is 16.5. The van der Waals surface area contributed by atoms with Crippen LogP contribution in [0.5, 0.6) is 0 Å². The van der Waals surface area contributed by atoms with Gasteiger partial charge in [0.15, 0.2) is 0 Å². The maximum atomic E-state index is 12.3. The highest BCUT2D eigenvalue weighted by Crippen LogP contribution is 2.31. The van der Waals surface area contributed by atoms with Crippen molar-refractivity contribution >= 4 is 5.97 Å². The van der Waals surface area contributed by atoms with Gasteiger partial charge in [0.2, 0.25) is 0 Å². The summed E-state index contributed by atoms with van der Waals surface area (Å²) in [6.07, 6.45) is 3.80. The molecule has 3 aromatic carbocycles. The lowest BCUT2D eigenvalue weighted by Gasteiger charge is -2.31. The molecule has 0 atom stereocenters. The van der Waals surface area contributed by atoms with Crippen LogP contribution < -0.4 is 5.32 Å². The van der Waals surface area contributed by atoms with Gasteiger partial charge in [-0.3, -0.25) is 0 Å². The Balaban J connectivity index is 1.37. The first-order valence-electron chi connectivity index (χ1n) is 12.1. The minimum atomic E-state index is -0.318. The molecule has 0 aliphatic carbocycles. The SMILES string of the molecule is O=C(OCC1=CCC(COCc2ccccc2)(COCc2ccccc2)CCN1)c1ccccc1. The molecule has 35 heavy (non-hydrogen) atoms. The van der Waals surface area contributed by atoms with E-state index in [0.29, 0.717) is 32.0 Å².